The maximum atomic E-state index is 9.08. The van der Waals surface area contributed by atoms with E-state index in [0.29, 0.717) is 18.9 Å². The summed E-state index contributed by atoms with van der Waals surface area (Å²) in [6, 6.07) is 27.3. The molecule has 4 aromatic rings. The zero-order valence-corrected chi connectivity index (χ0v) is 21.7. The number of benzene rings is 3. The van der Waals surface area contributed by atoms with E-state index in [0.717, 1.165) is 56.9 Å². The third-order valence-corrected chi connectivity index (χ3v) is 7.35. The topological polar surface area (TPSA) is 58.6 Å². The van der Waals surface area contributed by atoms with Gasteiger partial charge in [-0.15, -0.1) is 0 Å². The zero-order valence-electron chi connectivity index (χ0n) is 21.7. The molecule has 0 bridgehead atoms. The van der Waals surface area contributed by atoms with Crippen molar-refractivity contribution in [3.05, 3.63) is 96.2 Å². The standard InChI is InChI=1S/C31H37N5O/c1-37-30-16-8-5-10-26(30)23-36(17-9-11-25-22-33-29-15-7-6-14-28(25)29)31(32)24-34-18-20-35(21-19-34)27-12-3-2-4-13-27/h2-8,10,12-16,22,32-33H,9,11,17-21,23-24H2,1H3. The number of fused-ring (bicyclic) bond motifs is 1. The lowest BCUT2D eigenvalue weighted by Crippen LogP contribution is -2.50. The number of anilines is 1. The fourth-order valence-electron chi connectivity index (χ4n) is 5.26. The molecular weight excluding hydrogens is 458 g/mol. The lowest BCUT2D eigenvalue weighted by atomic mass is 10.1. The van der Waals surface area contributed by atoms with Crippen molar-refractivity contribution in [2.45, 2.75) is 19.4 Å². The summed E-state index contributed by atoms with van der Waals surface area (Å²) in [5.41, 5.74) is 4.94. The lowest BCUT2D eigenvalue weighted by molar-refractivity contribution is 0.273. The zero-order chi connectivity index (χ0) is 25.5. The molecule has 6 heteroatoms. The molecule has 1 aliphatic heterocycles. The summed E-state index contributed by atoms with van der Waals surface area (Å²) in [5.74, 6) is 1.56. The lowest BCUT2D eigenvalue weighted by Gasteiger charge is -2.37. The van der Waals surface area contributed by atoms with Crippen molar-refractivity contribution >= 4 is 22.4 Å². The van der Waals surface area contributed by atoms with E-state index < -0.39 is 0 Å². The Kier molecular flexibility index (Phi) is 8.06. The highest BCUT2D eigenvalue weighted by molar-refractivity contribution is 5.83. The molecule has 0 saturated carbocycles. The molecule has 3 aromatic carbocycles. The van der Waals surface area contributed by atoms with Gasteiger partial charge in [0.05, 0.1) is 13.7 Å². The average molecular weight is 496 g/mol. The normalized spacial score (nSPS) is 14.1. The molecule has 1 fully saturated rings. The second kappa shape index (κ2) is 12.0. The molecule has 0 unspecified atom stereocenters. The van der Waals surface area contributed by atoms with Gasteiger partial charge in [0, 0.05) is 67.6 Å². The number of nitrogens with one attached hydrogen (secondary N) is 2. The van der Waals surface area contributed by atoms with Crippen LogP contribution in [0.2, 0.25) is 0 Å². The number of hydrogen-bond acceptors (Lipinski definition) is 4. The Labute approximate surface area is 220 Å². The molecule has 0 aliphatic carbocycles. The van der Waals surface area contributed by atoms with Gasteiger partial charge in [0.1, 0.15) is 11.6 Å². The van der Waals surface area contributed by atoms with Gasteiger partial charge in [-0.1, -0.05) is 54.6 Å². The molecule has 1 saturated heterocycles. The van der Waals surface area contributed by atoms with Gasteiger partial charge in [0.2, 0.25) is 0 Å². The van der Waals surface area contributed by atoms with Crippen LogP contribution in [0.5, 0.6) is 5.75 Å². The minimum Gasteiger partial charge on any atom is -0.496 e. The van der Waals surface area contributed by atoms with E-state index in [1.165, 1.54) is 22.2 Å². The Morgan fingerprint density at radius 1 is 0.892 bits per heavy atom. The maximum Gasteiger partial charge on any atom is 0.123 e. The first-order valence-corrected chi connectivity index (χ1v) is 13.2. The molecule has 1 aliphatic rings. The molecule has 2 N–H and O–H groups in total. The smallest absolute Gasteiger partial charge is 0.123 e. The van der Waals surface area contributed by atoms with Crippen molar-refractivity contribution in [2.75, 3.05) is 51.3 Å². The molecule has 2 heterocycles. The first-order valence-electron chi connectivity index (χ1n) is 13.2. The van der Waals surface area contributed by atoms with E-state index in [9.17, 15) is 0 Å². The van der Waals surface area contributed by atoms with Crippen LogP contribution in [0.15, 0.2) is 85.1 Å². The van der Waals surface area contributed by atoms with E-state index >= 15 is 0 Å². The second-order valence-electron chi connectivity index (χ2n) is 9.74. The molecule has 0 amide bonds. The van der Waals surface area contributed by atoms with Crippen LogP contribution in [-0.4, -0.2) is 67.0 Å². The van der Waals surface area contributed by atoms with Crippen LogP contribution in [0.25, 0.3) is 10.9 Å². The molecule has 0 radical (unpaired) electrons. The van der Waals surface area contributed by atoms with Crippen LogP contribution in [-0.2, 0) is 13.0 Å². The van der Waals surface area contributed by atoms with Crippen molar-refractivity contribution in [2.24, 2.45) is 0 Å². The molecule has 5 rings (SSSR count). The molecule has 0 spiro atoms. The number of amidine groups is 1. The summed E-state index contributed by atoms with van der Waals surface area (Å²) in [5, 5.41) is 10.4. The molecule has 192 valence electrons. The van der Waals surface area contributed by atoms with Gasteiger partial charge in [-0.05, 0) is 42.7 Å². The first kappa shape index (κ1) is 24.9. The number of nitrogens with zero attached hydrogens (tertiary/aromatic N) is 3. The van der Waals surface area contributed by atoms with Crippen molar-refractivity contribution < 1.29 is 4.74 Å². The van der Waals surface area contributed by atoms with Crippen molar-refractivity contribution in [1.82, 2.24) is 14.8 Å². The van der Waals surface area contributed by atoms with Gasteiger partial charge < -0.3 is 19.5 Å². The summed E-state index contributed by atoms with van der Waals surface area (Å²) in [7, 11) is 1.72. The van der Waals surface area contributed by atoms with Crippen LogP contribution in [0.4, 0.5) is 5.69 Å². The molecule has 37 heavy (non-hydrogen) atoms. The Hall–Kier alpha value is -3.77. The monoisotopic (exact) mass is 495 g/mol. The largest absolute Gasteiger partial charge is 0.496 e. The van der Waals surface area contributed by atoms with Gasteiger partial charge >= 0.3 is 0 Å². The quantitative estimate of drug-likeness (QED) is 0.228. The molecular formula is C31H37N5O. The number of H-pyrrole nitrogens is 1. The number of aryl methyl sites for hydroxylation is 1. The van der Waals surface area contributed by atoms with E-state index in [1.807, 2.05) is 18.2 Å². The summed E-state index contributed by atoms with van der Waals surface area (Å²) < 4.78 is 5.62. The molecule has 6 nitrogen and oxygen atoms in total. The van der Waals surface area contributed by atoms with E-state index in [2.05, 4.69) is 86.5 Å². The van der Waals surface area contributed by atoms with Gasteiger partial charge in [0.15, 0.2) is 0 Å². The number of aromatic amines is 1. The van der Waals surface area contributed by atoms with E-state index in [4.69, 9.17) is 10.1 Å². The number of hydrogen-bond donors (Lipinski definition) is 2. The predicted octanol–water partition coefficient (Wildman–Crippen LogP) is 5.41. The molecule has 0 atom stereocenters. The number of para-hydroxylation sites is 3. The summed E-state index contributed by atoms with van der Waals surface area (Å²) in [4.78, 5) is 10.5. The third kappa shape index (κ3) is 6.15. The highest BCUT2D eigenvalue weighted by Crippen LogP contribution is 2.22. The number of aromatic nitrogens is 1. The first-order chi connectivity index (χ1) is 18.2. The number of piperazine rings is 1. The van der Waals surface area contributed by atoms with Crippen molar-refractivity contribution in [3.8, 4) is 5.75 Å². The Balaban J connectivity index is 1.22. The van der Waals surface area contributed by atoms with Crippen LogP contribution < -0.4 is 9.64 Å². The van der Waals surface area contributed by atoms with E-state index in [-0.39, 0.29) is 0 Å². The van der Waals surface area contributed by atoms with Crippen LogP contribution in [0.3, 0.4) is 0 Å². The second-order valence-corrected chi connectivity index (χ2v) is 9.74. The summed E-state index contributed by atoms with van der Waals surface area (Å²) in [6.45, 7) is 6.10. The Bertz CT molecular complexity index is 1290. The van der Waals surface area contributed by atoms with Crippen LogP contribution in [0, 0.1) is 5.41 Å². The van der Waals surface area contributed by atoms with Gasteiger partial charge in [-0.25, -0.2) is 0 Å². The van der Waals surface area contributed by atoms with E-state index in [1.54, 1.807) is 7.11 Å². The van der Waals surface area contributed by atoms with Crippen LogP contribution in [0.1, 0.15) is 17.5 Å². The van der Waals surface area contributed by atoms with Gasteiger partial charge in [-0.3, -0.25) is 10.3 Å². The number of rotatable bonds is 10. The average Bonchev–Trinajstić information content (AvgIpc) is 3.36. The fraction of sp³-hybridized carbons (Fsp3) is 0.323. The fourth-order valence-corrected chi connectivity index (χ4v) is 5.26. The number of ether oxygens (including phenoxy) is 1. The van der Waals surface area contributed by atoms with Gasteiger partial charge in [-0.2, -0.15) is 0 Å². The minimum absolute atomic E-state index is 0.671. The van der Waals surface area contributed by atoms with Crippen molar-refractivity contribution in [3.63, 3.8) is 0 Å². The van der Waals surface area contributed by atoms with Crippen molar-refractivity contribution in [1.29, 1.82) is 5.41 Å². The Morgan fingerprint density at radius 3 is 2.43 bits per heavy atom. The van der Waals surface area contributed by atoms with Gasteiger partial charge in [0.25, 0.3) is 0 Å². The minimum atomic E-state index is 0.671. The van der Waals surface area contributed by atoms with Crippen LogP contribution >= 0.6 is 0 Å². The number of methoxy groups -OCH3 is 1. The Morgan fingerprint density at radius 2 is 1.62 bits per heavy atom. The predicted molar refractivity (Wildman–Crippen MR) is 153 cm³/mol. The molecule has 1 aromatic heterocycles. The highest BCUT2D eigenvalue weighted by Gasteiger charge is 2.21. The summed E-state index contributed by atoms with van der Waals surface area (Å²) >= 11 is 0. The SMILES string of the molecule is COc1ccccc1CN(CCCc1c[nH]c2ccccc12)C(=N)CN1CCN(c2ccccc2)CC1. The third-order valence-electron chi connectivity index (χ3n) is 7.35. The summed E-state index contributed by atoms with van der Waals surface area (Å²) in [6.07, 6.45) is 4.10. The highest BCUT2D eigenvalue weighted by atomic mass is 16.5. The maximum absolute atomic E-state index is 9.08.